The van der Waals surface area contributed by atoms with Crippen molar-refractivity contribution in [2.45, 2.75) is 19.4 Å². The van der Waals surface area contributed by atoms with Gasteiger partial charge in [-0.15, -0.1) is 0 Å². The molecule has 0 aliphatic carbocycles. The number of aryl methyl sites for hydroxylation is 1. The van der Waals surface area contributed by atoms with Gasteiger partial charge >= 0.3 is 5.97 Å². The lowest BCUT2D eigenvalue weighted by Crippen LogP contribution is -3.06. The zero-order valence-electron chi connectivity index (χ0n) is 16.9. The summed E-state index contributed by atoms with van der Waals surface area (Å²) in [5, 5.41) is 0.420. The van der Waals surface area contributed by atoms with Gasteiger partial charge in [0.15, 0.2) is 0 Å². The van der Waals surface area contributed by atoms with Gasteiger partial charge in [0.25, 0.3) is 5.56 Å². The van der Waals surface area contributed by atoms with Crippen LogP contribution in [0, 0.1) is 6.92 Å². The second kappa shape index (κ2) is 8.31. The summed E-state index contributed by atoms with van der Waals surface area (Å²) < 4.78 is 12.3. The normalized spacial score (nSPS) is 15.9. The van der Waals surface area contributed by atoms with Gasteiger partial charge in [-0.3, -0.25) is 4.79 Å². The van der Waals surface area contributed by atoms with Crippen molar-refractivity contribution in [2.24, 2.45) is 5.73 Å². The lowest BCUT2D eigenvalue weighted by Gasteiger charge is -2.29. The van der Waals surface area contributed by atoms with E-state index in [0.29, 0.717) is 28.4 Å². The minimum atomic E-state index is -0.786. The summed E-state index contributed by atoms with van der Waals surface area (Å²) in [6.07, 6.45) is 0. The Morgan fingerprint density at radius 1 is 1.34 bits per heavy atom. The molecule has 0 saturated heterocycles. The molecule has 3 N–H and O–H groups in total. The highest BCUT2D eigenvalue weighted by molar-refractivity contribution is 6.31. The van der Waals surface area contributed by atoms with Crippen LogP contribution in [0.25, 0.3) is 0 Å². The molecule has 2 aromatic rings. The van der Waals surface area contributed by atoms with Gasteiger partial charge in [-0.25, -0.2) is 4.79 Å². The number of fused-ring (bicyclic) bond motifs is 1. The first-order valence-corrected chi connectivity index (χ1v) is 9.67. The number of nitrogens with zero attached hydrogens (tertiary/aromatic N) is 1. The summed E-state index contributed by atoms with van der Waals surface area (Å²) in [7, 11) is 5.30. The average Bonchev–Trinajstić information content (AvgIpc) is 2.66. The zero-order valence-corrected chi connectivity index (χ0v) is 17.7. The Kier molecular flexibility index (Phi) is 6.00. The van der Waals surface area contributed by atoms with E-state index in [2.05, 4.69) is 0 Å². The SMILES string of the molecule is COC(=O)C1=C(N)Oc2cc(C)n(CC[NH+](C)C)c(=O)c2[C@H]1c1ccccc1Cl. The molecule has 0 fully saturated rings. The second-order valence-electron chi connectivity index (χ2n) is 7.30. The van der Waals surface area contributed by atoms with Crippen LogP contribution in [0.15, 0.2) is 46.6 Å². The van der Waals surface area contributed by atoms with E-state index >= 15 is 0 Å². The van der Waals surface area contributed by atoms with Crippen molar-refractivity contribution in [1.29, 1.82) is 0 Å². The number of hydrogen-bond donors (Lipinski definition) is 2. The van der Waals surface area contributed by atoms with Gasteiger partial charge in [-0.1, -0.05) is 29.8 Å². The van der Waals surface area contributed by atoms with Gasteiger partial charge in [0.2, 0.25) is 5.88 Å². The molecule has 0 amide bonds. The van der Waals surface area contributed by atoms with Crippen molar-refractivity contribution in [3.63, 3.8) is 0 Å². The van der Waals surface area contributed by atoms with Crippen LogP contribution in [0.3, 0.4) is 0 Å². The standard InChI is InChI=1S/C21H24ClN3O4/c1-12-11-15-17(20(26)25(12)10-9-24(2)3)16(13-7-5-6-8-14(13)22)18(19(23)29-15)21(27)28-4/h5-8,11,16H,9-10,23H2,1-4H3/p+1/t16-/m1/s1. The molecule has 0 saturated carbocycles. The van der Waals surface area contributed by atoms with E-state index < -0.39 is 11.9 Å². The van der Waals surface area contributed by atoms with Crippen molar-refractivity contribution in [1.82, 2.24) is 4.57 Å². The number of benzene rings is 1. The van der Waals surface area contributed by atoms with E-state index in [0.717, 1.165) is 12.2 Å². The minimum Gasteiger partial charge on any atom is -0.465 e. The second-order valence-corrected chi connectivity index (χ2v) is 7.71. The third-order valence-electron chi connectivity index (χ3n) is 5.03. The number of hydrogen-bond acceptors (Lipinski definition) is 5. The maximum atomic E-state index is 13.5. The molecule has 29 heavy (non-hydrogen) atoms. The molecule has 1 aromatic carbocycles. The molecule has 1 aromatic heterocycles. The van der Waals surface area contributed by atoms with Crippen molar-refractivity contribution < 1.29 is 19.2 Å². The van der Waals surface area contributed by atoms with Crippen LogP contribution in [0.5, 0.6) is 5.75 Å². The number of nitrogens with one attached hydrogen (secondary N) is 1. The summed E-state index contributed by atoms with van der Waals surface area (Å²) >= 11 is 6.44. The number of rotatable bonds is 5. The Morgan fingerprint density at radius 3 is 2.66 bits per heavy atom. The predicted octanol–water partition coefficient (Wildman–Crippen LogP) is 0.822. The third-order valence-corrected chi connectivity index (χ3v) is 5.37. The van der Waals surface area contributed by atoms with Gasteiger partial charge in [-0.05, 0) is 18.6 Å². The molecule has 1 aliphatic rings. The van der Waals surface area contributed by atoms with Crippen LogP contribution in [-0.2, 0) is 16.1 Å². The summed E-state index contributed by atoms with van der Waals surface area (Å²) in [6, 6.07) is 8.82. The molecule has 3 rings (SSSR count). The molecule has 0 unspecified atom stereocenters. The quantitative estimate of drug-likeness (QED) is 0.702. The van der Waals surface area contributed by atoms with Crippen LogP contribution >= 0.6 is 11.6 Å². The number of carbonyl (C=O) groups is 1. The third kappa shape index (κ3) is 3.88. The molecule has 7 nitrogen and oxygen atoms in total. The molecule has 0 radical (unpaired) electrons. The number of esters is 1. The predicted molar refractivity (Wildman–Crippen MR) is 110 cm³/mol. The first kappa shape index (κ1) is 21.0. The van der Waals surface area contributed by atoms with E-state index in [1.807, 2.05) is 21.0 Å². The Hall–Kier alpha value is -2.77. The molecule has 8 heteroatoms. The monoisotopic (exact) mass is 418 g/mol. The highest BCUT2D eigenvalue weighted by Gasteiger charge is 2.39. The number of carbonyl (C=O) groups excluding carboxylic acids is 1. The number of ether oxygens (including phenoxy) is 2. The van der Waals surface area contributed by atoms with Crippen LogP contribution in [-0.4, -0.2) is 38.3 Å². The summed E-state index contributed by atoms with van der Waals surface area (Å²) in [5.74, 6) is -1.21. The maximum Gasteiger partial charge on any atom is 0.340 e. The van der Waals surface area contributed by atoms with Gasteiger partial charge < -0.3 is 24.7 Å². The molecular formula is C21H25ClN3O4+. The number of halogens is 1. The summed E-state index contributed by atoms with van der Waals surface area (Å²) in [4.78, 5) is 27.3. The fraction of sp³-hybridized carbons (Fsp3) is 0.333. The minimum absolute atomic E-state index is 0.0684. The van der Waals surface area contributed by atoms with Crippen LogP contribution < -0.4 is 20.9 Å². The Balaban J connectivity index is 2.29. The number of quaternary nitrogens is 1. The lowest BCUT2D eigenvalue weighted by atomic mass is 9.83. The topological polar surface area (TPSA) is 88.0 Å². The highest BCUT2D eigenvalue weighted by atomic mass is 35.5. The largest absolute Gasteiger partial charge is 0.465 e. The maximum absolute atomic E-state index is 13.5. The molecule has 2 heterocycles. The Labute approximate surface area is 174 Å². The molecule has 1 aliphatic heterocycles. The fourth-order valence-corrected chi connectivity index (χ4v) is 3.77. The fourth-order valence-electron chi connectivity index (χ4n) is 3.53. The van der Waals surface area contributed by atoms with E-state index in [4.69, 9.17) is 26.8 Å². The van der Waals surface area contributed by atoms with Crippen LogP contribution in [0.1, 0.15) is 22.7 Å². The molecule has 0 bridgehead atoms. The summed E-state index contributed by atoms with van der Waals surface area (Å²) in [6.45, 7) is 3.14. The smallest absolute Gasteiger partial charge is 0.340 e. The first-order valence-electron chi connectivity index (χ1n) is 9.29. The Morgan fingerprint density at radius 2 is 2.03 bits per heavy atom. The van der Waals surface area contributed by atoms with Crippen molar-refractivity contribution >= 4 is 17.6 Å². The van der Waals surface area contributed by atoms with Crippen LogP contribution in [0.2, 0.25) is 5.02 Å². The van der Waals surface area contributed by atoms with Crippen LogP contribution in [0.4, 0.5) is 0 Å². The molecule has 154 valence electrons. The first-order chi connectivity index (χ1) is 13.8. The van der Waals surface area contributed by atoms with E-state index in [1.165, 1.54) is 12.0 Å². The van der Waals surface area contributed by atoms with Crippen molar-refractivity contribution in [3.05, 3.63) is 74.0 Å². The van der Waals surface area contributed by atoms with Crippen molar-refractivity contribution in [2.75, 3.05) is 27.7 Å². The Bertz CT molecular complexity index is 1040. The zero-order chi connectivity index (χ0) is 21.3. The van der Waals surface area contributed by atoms with Crippen molar-refractivity contribution in [3.8, 4) is 5.75 Å². The lowest BCUT2D eigenvalue weighted by molar-refractivity contribution is -0.858. The molecule has 0 spiro atoms. The van der Waals surface area contributed by atoms with Gasteiger partial charge in [0, 0.05) is 16.8 Å². The molecular weight excluding hydrogens is 394 g/mol. The van der Waals surface area contributed by atoms with E-state index in [9.17, 15) is 9.59 Å². The van der Waals surface area contributed by atoms with E-state index in [1.54, 1.807) is 34.9 Å². The number of aromatic nitrogens is 1. The van der Waals surface area contributed by atoms with Gasteiger partial charge in [-0.2, -0.15) is 0 Å². The van der Waals surface area contributed by atoms with Gasteiger partial charge in [0.05, 0.1) is 45.8 Å². The number of likely N-dealkylation sites (N-methyl/N-ethyl adjacent to an activating group) is 1. The average molecular weight is 419 g/mol. The molecule has 1 atom stereocenters. The van der Waals surface area contributed by atoms with Gasteiger partial charge in [0.1, 0.15) is 11.3 Å². The number of pyridine rings is 1. The number of methoxy groups -OCH3 is 1. The number of nitrogens with two attached hydrogens (primary N) is 1. The highest BCUT2D eigenvalue weighted by Crippen LogP contribution is 2.43. The van der Waals surface area contributed by atoms with E-state index in [-0.39, 0.29) is 17.0 Å². The summed E-state index contributed by atoms with van der Waals surface area (Å²) in [5.41, 5.74) is 7.59.